The van der Waals surface area contributed by atoms with E-state index in [0.29, 0.717) is 13.0 Å². The normalized spacial score (nSPS) is 11.1. The van der Waals surface area contributed by atoms with Gasteiger partial charge in [0, 0.05) is 6.54 Å². The van der Waals surface area contributed by atoms with Crippen molar-refractivity contribution in [3.05, 3.63) is 29.8 Å². The Morgan fingerprint density at radius 3 is 2.39 bits per heavy atom. The second-order valence-corrected chi connectivity index (χ2v) is 4.84. The number of methoxy groups -OCH3 is 1. The lowest BCUT2D eigenvalue weighted by molar-refractivity contribution is -0.145. The zero-order valence-electron chi connectivity index (χ0n) is 13.8. The molecule has 0 bridgehead atoms. The van der Waals surface area contributed by atoms with Gasteiger partial charge in [-0.25, -0.2) is 0 Å². The van der Waals surface area contributed by atoms with Crippen LogP contribution in [0.5, 0.6) is 5.75 Å². The Hall–Kier alpha value is -1.79. The van der Waals surface area contributed by atoms with Crippen molar-refractivity contribution in [3.63, 3.8) is 0 Å². The lowest BCUT2D eigenvalue weighted by Gasteiger charge is -2.16. The second kappa shape index (κ2) is 11.7. The highest BCUT2D eigenvalue weighted by molar-refractivity contribution is 5.85. The van der Waals surface area contributed by atoms with E-state index in [4.69, 9.17) is 9.47 Å². The van der Waals surface area contributed by atoms with Crippen molar-refractivity contribution < 1.29 is 19.1 Å². The van der Waals surface area contributed by atoms with Gasteiger partial charge in [0.1, 0.15) is 5.75 Å². The van der Waals surface area contributed by atoms with Crippen LogP contribution < -0.4 is 15.4 Å². The first-order chi connectivity index (χ1) is 10.6. The molecule has 0 saturated heterocycles. The summed E-state index contributed by atoms with van der Waals surface area (Å²) in [6, 6.07) is 7.56. The first-order valence-corrected chi connectivity index (χ1v) is 7.31. The van der Waals surface area contributed by atoms with Crippen molar-refractivity contribution in [2.45, 2.75) is 13.3 Å². The molecule has 130 valence electrons. The number of esters is 1. The molecule has 0 aromatic heterocycles. The van der Waals surface area contributed by atoms with E-state index in [2.05, 4.69) is 10.6 Å². The Kier molecular flexibility index (Phi) is 10.8. The quantitative estimate of drug-likeness (QED) is 0.658. The number of nitrogens with one attached hydrogen (secondary N) is 2. The van der Waals surface area contributed by atoms with Crippen LogP contribution in [0.3, 0.4) is 0 Å². The van der Waals surface area contributed by atoms with E-state index >= 15 is 0 Å². The summed E-state index contributed by atoms with van der Waals surface area (Å²) in [6.07, 6.45) is 0.499. The van der Waals surface area contributed by atoms with Gasteiger partial charge in [0.2, 0.25) is 5.91 Å². The topological polar surface area (TPSA) is 76.7 Å². The fourth-order valence-corrected chi connectivity index (χ4v) is 2.04. The lowest BCUT2D eigenvalue weighted by atomic mass is 9.99. The number of rotatable bonds is 9. The van der Waals surface area contributed by atoms with E-state index in [9.17, 15) is 9.59 Å². The molecule has 23 heavy (non-hydrogen) atoms. The summed E-state index contributed by atoms with van der Waals surface area (Å²) in [6.45, 7) is 3.01. The van der Waals surface area contributed by atoms with Crippen molar-refractivity contribution in [2.75, 3.05) is 33.9 Å². The number of hydrogen-bond donors (Lipinski definition) is 2. The number of benzene rings is 1. The van der Waals surface area contributed by atoms with Crippen molar-refractivity contribution >= 4 is 24.3 Å². The third kappa shape index (κ3) is 7.85. The number of ether oxygens (including phenoxy) is 2. The molecular weight excluding hydrogens is 320 g/mol. The molecule has 2 N–H and O–H groups in total. The molecule has 0 fully saturated rings. The molecule has 0 aliphatic heterocycles. The average molecular weight is 345 g/mol. The van der Waals surface area contributed by atoms with Gasteiger partial charge in [-0.15, -0.1) is 12.4 Å². The highest BCUT2D eigenvalue weighted by Gasteiger charge is 2.20. The first kappa shape index (κ1) is 21.2. The summed E-state index contributed by atoms with van der Waals surface area (Å²) >= 11 is 0. The van der Waals surface area contributed by atoms with Gasteiger partial charge >= 0.3 is 5.97 Å². The molecule has 7 heteroatoms. The summed E-state index contributed by atoms with van der Waals surface area (Å²) < 4.78 is 10.2. The van der Waals surface area contributed by atoms with Crippen molar-refractivity contribution in [2.24, 2.45) is 5.92 Å². The Bertz CT molecular complexity index is 479. The average Bonchev–Trinajstić information content (AvgIpc) is 2.53. The number of carbonyl (C=O) groups is 2. The molecule has 1 aromatic carbocycles. The van der Waals surface area contributed by atoms with E-state index in [1.807, 2.05) is 31.2 Å². The third-order valence-electron chi connectivity index (χ3n) is 3.13. The summed E-state index contributed by atoms with van der Waals surface area (Å²) in [4.78, 5) is 23.3. The molecule has 1 aromatic rings. The van der Waals surface area contributed by atoms with Crippen LogP contribution in [0.4, 0.5) is 0 Å². The van der Waals surface area contributed by atoms with Crippen molar-refractivity contribution in [1.82, 2.24) is 10.6 Å². The zero-order valence-corrected chi connectivity index (χ0v) is 14.6. The molecule has 0 aliphatic carbocycles. The van der Waals surface area contributed by atoms with Gasteiger partial charge in [-0.2, -0.15) is 0 Å². The van der Waals surface area contributed by atoms with E-state index in [1.165, 1.54) is 7.11 Å². The van der Waals surface area contributed by atoms with Crippen LogP contribution >= 0.6 is 12.4 Å². The van der Waals surface area contributed by atoms with E-state index < -0.39 is 5.92 Å². The third-order valence-corrected chi connectivity index (χ3v) is 3.13. The molecular formula is C16H25ClN2O4. The Balaban J connectivity index is 0.00000484. The van der Waals surface area contributed by atoms with Gasteiger partial charge in [0.15, 0.2) is 0 Å². The molecule has 6 nitrogen and oxygen atoms in total. The van der Waals surface area contributed by atoms with Gasteiger partial charge in [-0.1, -0.05) is 12.1 Å². The highest BCUT2D eigenvalue weighted by Crippen LogP contribution is 2.15. The monoisotopic (exact) mass is 344 g/mol. The predicted octanol–water partition coefficient (Wildman–Crippen LogP) is 1.17. The van der Waals surface area contributed by atoms with Crippen LogP contribution in [-0.4, -0.2) is 45.7 Å². The van der Waals surface area contributed by atoms with Crippen molar-refractivity contribution in [1.29, 1.82) is 0 Å². The molecule has 1 rings (SSSR count). The smallest absolute Gasteiger partial charge is 0.310 e. The summed E-state index contributed by atoms with van der Waals surface area (Å²) in [5.74, 6) is -0.103. The van der Waals surface area contributed by atoms with Gasteiger partial charge < -0.3 is 20.1 Å². The van der Waals surface area contributed by atoms with Gasteiger partial charge in [-0.05, 0) is 38.1 Å². The number of likely N-dealkylation sites (N-methyl/N-ethyl adjacent to an activating group) is 1. The Morgan fingerprint density at radius 2 is 1.87 bits per heavy atom. The van der Waals surface area contributed by atoms with Crippen LogP contribution in [-0.2, 0) is 20.7 Å². The Labute approximate surface area is 143 Å². The van der Waals surface area contributed by atoms with Crippen LogP contribution in [0.15, 0.2) is 24.3 Å². The standard InChI is InChI=1S/C16H24N2O4.ClH/c1-4-22-14-7-5-12(6-8-14)9-13(16(20)21-3)10-18-15(19)11-17-2;/h5-8,13,17H,4,9-11H2,1-3H3,(H,18,19);1H. The summed E-state index contributed by atoms with van der Waals surface area (Å²) in [5, 5.41) is 5.48. The Morgan fingerprint density at radius 1 is 1.22 bits per heavy atom. The summed E-state index contributed by atoms with van der Waals surface area (Å²) in [7, 11) is 3.04. The maximum Gasteiger partial charge on any atom is 0.310 e. The van der Waals surface area contributed by atoms with Gasteiger partial charge in [0.25, 0.3) is 0 Å². The molecule has 0 heterocycles. The SMILES string of the molecule is CCOc1ccc(CC(CNC(=O)CNC)C(=O)OC)cc1.Cl. The van der Waals surface area contributed by atoms with Crippen LogP contribution in [0.1, 0.15) is 12.5 Å². The minimum atomic E-state index is -0.413. The molecule has 0 spiro atoms. The number of amides is 1. The molecule has 1 atom stereocenters. The largest absolute Gasteiger partial charge is 0.494 e. The molecule has 1 amide bonds. The van der Waals surface area contributed by atoms with E-state index in [1.54, 1.807) is 7.05 Å². The lowest BCUT2D eigenvalue weighted by Crippen LogP contribution is -2.38. The van der Waals surface area contributed by atoms with E-state index in [-0.39, 0.29) is 37.4 Å². The second-order valence-electron chi connectivity index (χ2n) is 4.84. The number of halogens is 1. The maximum absolute atomic E-state index is 11.8. The number of carbonyl (C=O) groups excluding carboxylic acids is 2. The minimum absolute atomic E-state index is 0. The van der Waals surface area contributed by atoms with E-state index in [0.717, 1.165) is 11.3 Å². The molecule has 0 saturated carbocycles. The fourth-order valence-electron chi connectivity index (χ4n) is 2.04. The molecule has 0 radical (unpaired) electrons. The fraction of sp³-hybridized carbons (Fsp3) is 0.500. The molecule has 1 unspecified atom stereocenters. The minimum Gasteiger partial charge on any atom is -0.494 e. The summed E-state index contributed by atoms with van der Waals surface area (Å²) in [5.41, 5.74) is 0.988. The van der Waals surface area contributed by atoms with Crippen LogP contribution in [0, 0.1) is 5.92 Å². The number of hydrogen-bond acceptors (Lipinski definition) is 5. The van der Waals surface area contributed by atoms with Gasteiger partial charge in [0.05, 0.1) is 26.2 Å². The molecule has 0 aliphatic rings. The highest BCUT2D eigenvalue weighted by atomic mass is 35.5. The van der Waals surface area contributed by atoms with Crippen LogP contribution in [0.2, 0.25) is 0 Å². The van der Waals surface area contributed by atoms with Crippen molar-refractivity contribution in [3.8, 4) is 5.75 Å². The maximum atomic E-state index is 11.8. The first-order valence-electron chi connectivity index (χ1n) is 7.31. The zero-order chi connectivity index (χ0) is 16.4. The van der Waals surface area contributed by atoms with Gasteiger partial charge in [-0.3, -0.25) is 9.59 Å². The predicted molar refractivity (Wildman–Crippen MR) is 91.0 cm³/mol. The van der Waals surface area contributed by atoms with Crippen LogP contribution in [0.25, 0.3) is 0 Å².